The molecule has 5 aromatic rings. The molecular formula is C21H15ClN6OS. The maximum atomic E-state index is 12.9. The van der Waals surface area contributed by atoms with Gasteiger partial charge in [-0.1, -0.05) is 29.8 Å². The monoisotopic (exact) mass is 434 g/mol. The Balaban J connectivity index is 1.40. The van der Waals surface area contributed by atoms with Crippen molar-refractivity contribution in [3.8, 4) is 10.6 Å². The summed E-state index contributed by atoms with van der Waals surface area (Å²) in [6, 6.07) is 13.5. The molecule has 0 bridgehead atoms. The smallest absolute Gasteiger partial charge is 0.261 e. The standard InChI is InChI=1S/C21H15ClN6OS/c22-15-10-24-27(13-15)12-14-3-1-4-16(9-14)26-21(29)17-11-25-28-18(6-7-23-20(17)28)19-5-2-8-30-19/h1-11,13H,12H2,(H,26,29). The zero-order valence-corrected chi connectivity index (χ0v) is 17.1. The van der Waals surface area contributed by atoms with Gasteiger partial charge in [0.15, 0.2) is 5.65 Å². The summed E-state index contributed by atoms with van der Waals surface area (Å²) in [5.74, 6) is -0.264. The number of nitrogens with zero attached hydrogens (tertiary/aromatic N) is 5. The summed E-state index contributed by atoms with van der Waals surface area (Å²) in [6.45, 7) is 0.554. The van der Waals surface area contributed by atoms with Crippen LogP contribution >= 0.6 is 22.9 Å². The van der Waals surface area contributed by atoms with E-state index in [1.54, 1.807) is 45.3 Å². The molecule has 0 unspecified atom stereocenters. The van der Waals surface area contributed by atoms with E-state index < -0.39 is 0 Å². The number of hydrogen-bond acceptors (Lipinski definition) is 5. The van der Waals surface area contributed by atoms with Gasteiger partial charge in [-0.3, -0.25) is 9.48 Å². The molecule has 0 fully saturated rings. The highest BCUT2D eigenvalue weighted by molar-refractivity contribution is 7.13. The Kier molecular flexibility index (Phi) is 4.78. The summed E-state index contributed by atoms with van der Waals surface area (Å²) in [5, 5.41) is 14.1. The molecule has 0 atom stereocenters. The van der Waals surface area contributed by atoms with E-state index in [1.807, 2.05) is 47.8 Å². The Bertz CT molecular complexity index is 1340. The molecule has 4 heterocycles. The number of benzene rings is 1. The van der Waals surface area contributed by atoms with E-state index in [2.05, 4.69) is 20.5 Å². The number of fused-ring (bicyclic) bond motifs is 1. The van der Waals surface area contributed by atoms with E-state index >= 15 is 0 Å². The number of carbonyl (C=O) groups excluding carboxylic acids is 1. The normalized spacial score (nSPS) is 11.1. The van der Waals surface area contributed by atoms with Gasteiger partial charge < -0.3 is 5.32 Å². The molecule has 148 valence electrons. The summed E-state index contributed by atoms with van der Waals surface area (Å²) in [4.78, 5) is 18.4. The first-order chi connectivity index (χ1) is 14.7. The molecule has 0 radical (unpaired) electrons. The number of hydrogen-bond donors (Lipinski definition) is 1. The zero-order chi connectivity index (χ0) is 20.5. The number of aromatic nitrogens is 5. The minimum Gasteiger partial charge on any atom is -0.322 e. The largest absolute Gasteiger partial charge is 0.322 e. The Morgan fingerprint density at radius 3 is 2.87 bits per heavy atom. The molecule has 9 heteroatoms. The van der Waals surface area contributed by atoms with Gasteiger partial charge in [-0.05, 0) is 35.2 Å². The Morgan fingerprint density at radius 1 is 1.13 bits per heavy atom. The number of anilines is 1. The minimum atomic E-state index is -0.264. The van der Waals surface area contributed by atoms with Crippen molar-refractivity contribution in [1.82, 2.24) is 24.4 Å². The minimum absolute atomic E-state index is 0.264. The van der Waals surface area contributed by atoms with Crippen molar-refractivity contribution < 1.29 is 4.79 Å². The quantitative estimate of drug-likeness (QED) is 0.438. The van der Waals surface area contributed by atoms with Gasteiger partial charge in [-0.25, -0.2) is 9.50 Å². The van der Waals surface area contributed by atoms with Gasteiger partial charge in [0.25, 0.3) is 5.91 Å². The summed E-state index contributed by atoms with van der Waals surface area (Å²) < 4.78 is 3.43. The van der Waals surface area contributed by atoms with Gasteiger partial charge in [-0.2, -0.15) is 10.2 Å². The van der Waals surface area contributed by atoms with Crippen molar-refractivity contribution in [2.75, 3.05) is 5.32 Å². The first-order valence-corrected chi connectivity index (χ1v) is 10.4. The van der Waals surface area contributed by atoms with E-state index in [0.29, 0.717) is 28.5 Å². The fraction of sp³-hybridized carbons (Fsp3) is 0.0476. The second kappa shape index (κ2) is 7.74. The highest BCUT2D eigenvalue weighted by Crippen LogP contribution is 2.25. The van der Waals surface area contributed by atoms with E-state index in [4.69, 9.17) is 11.6 Å². The highest BCUT2D eigenvalue weighted by Gasteiger charge is 2.17. The Hall–Kier alpha value is -3.49. The summed E-state index contributed by atoms with van der Waals surface area (Å²) >= 11 is 7.53. The predicted octanol–water partition coefficient (Wildman–Crippen LogP) is 4.61. The van der Waals surface area contributed by atoms with Crippen molar-refractivity contribution in [1.29, 1.82) is 0 Å². The highest BCUT2D eigenvalue weighted by atomic mass is 35.5. The molecule has 1 aromatic carbocycles. The fourth-order valence-corrected chi connectivity index (χ4v) is 4.11. The maximum Gasteiger partial charge on any atom is 0.261 e. The molecule has 1 amide bonds. The van der Waals surface area contributed by atoms with Crippen LogP contribution in [-0.2, 0) is 6.54 Å². The lowest BCUT2D eigenvalue weighted by Gasteiger charge is -2.07. The average Bonchev–Trinajstić information content (AvgIpc) is 3.49. The lowest BCUT2D eigenvalue weighted by Crippen LogP contribution is -2.12. The summed E-state index contributed by atoms with van der Waals surface area (Å²) in [6.07, 6.45) is 6.58. The van der Waals surface area contributed by atoms with Gasteiger partial charge >= 0.3 is 0 Å². The average molecular weight is 435 g/mol. The van der Waals surface area contributed by atoms with E-state index in [9.17, 15) is 4.79 Å². The van der Waals surface area contributed by atoms with Crippen LogP contribution in [0.5, 0.6) is 0 Å². The van der Waals surface area contributed by atoms with Crippen LogP contribution in [0.4, 0.5) is 5.69 Å². The van der Waals surface area contributed by atoms with Crippen LogP contribution in [0.15, 0.2) is 72.6 Å². The fourth-order valence-electron chi connectivity index (χ4n) is 3.22. The lowest BCUT2D eigenvalue weighted by atomic mass is 10.2. The van der Waals surface area contributed by atoms with Crippen LogP contribution in [0.3, 0.4) is 0 Å². The number of rotatable bonds is 5. The number of halogens is 1. The molecule has 0 saturated carbocycles. The molecular weight excluding hydrogens is 420 g/mol. The van der Waals surface area contributed by atoms with Gasteiger partial charge in [0.1, 0.15) is 5.56 Å². The Morgan fingerprint density at radius 2 is 2.07 bits per heavy atom. The first-order valence-electron chi connectivity index (χ1n) is 9.12. The molecule has 30 heavy (non-hydrogen) atoms. The topological polar surface area (TPSA) is 77.1 Å². The number of thiophene rings is 1. The van der Waals surface area contributed by atoms with Crippen molar-refractivity contribution >= 4 is 40.2 Å². The van der Waals surface area contributed by atoms with Crippen LogP contribution in [0.2, 0.25) is 5.02 Å². The van der Waals surface area contributed by atoms with Gasteiger partial charge in [0, 0.05) is 18.1 Å². The van der Waals surface area contributed by atoms with Crippen molar-refractivity contribution in [3.05, 3.63) is 88.8 Å². The molecule has 0 saturated heterocycles. The van der Waals surface area contributed by atoms with Crippen LogP contribution in [0.25, 0.3) is 16.2 Å². The third-order valence-corrected chi connectivity index (χ3v) is 5.64. The third kappa shape index (κ3) is 3.58. The van der Waals surface area contributed by atoms with Crippen molar-refractivity contribution in [2.45, 2.75) is 6.54 Å². The molecule has 7 nitrogen and oxygen atoms in total. The predicted molar refractivity (Wildman–Crippen MR) is 117 cm³/mol. The Labute approximate surface area is 180 Å². The van der Waals surface area contributed by atoms with Crippen LogP contribution in [-0.4, -0.2) is 30.3 Å². The van der Waals surface area contributed by atoms with E-state index in [1.165, 1.54) is 0 Å². The SMILES string of the molecule is O=C(Nc1cccc(Cn2cc(Cl)cn2)c1)c1cnn2c(-c3cccs3)ccnc12. The first kappa shape index (κ1) is 18.5. The second-order valence-electron chi connectivity index (χ2n) is 6.61. The zero-order valence-electron chi connectivity index (χ0n) is 15.6. The summed E-state index contributed by atoms with van der Waals surface area (Å²) in [7, 11) is 0. The van der Waals surface area contributed by atoms with Crippen molar-refractivity contribution in [3.63, 3.8) is 0 Å². The molecule has 4 aromatic heterocycles. The van der Waals surface area contributed by atoms with E-state index in [0.717, 1.165) is 16.1 Å². The third-order valence-electron chi connectivity index (χ3n) is 4.55. The summed E-state index contributed by atoms with van der Waals surface area (Å²) in [5.41, 5.74) is 3.50. The van der Waals surface area contributed by atoms with Crippen LogP contribution in [0, 0.1) is 0 Å². The van der Waals surface area contributed by atoms with Gasteiger partial charge in [-0.15, -0.1) is 11.3 Å². The molecule has 0 spiro atoms. The van der Waals surface area contributed by atoms with Crippen LogP contribution < -0.4 is 5.32 Å². The molecule has 0 aliphatic heterocycles. The molecule has 1 N–H and O–H groups in total. The maximum absolute atomic E-state index is 12.9. The molecule has 0 aliphatic carbocycles. The lowest BCUT2D eigenvalue weighted by molar-refractivity contribution is 0.102. The van der Waals surface area contributed by atoms with Gasteiger partial charge in [0.05, 0.1) is 34.5 Å². The van der Waals surface area contributed by atoms with Gasteiger partial charge in [0.2, 0.25) is 0 Å². The second-order valence-corrected chi connectivity index (χ2v) is 8.00. The molecule has 0 aliphatic rings. The van der Waals surface area contributed by atoms with Crippen molar-refractivity contribution in [2.24, 2.45) is 0 Å². The van der Waals surface area contributed by atoms with E-state index in [-0.39, 0.29) is 5.91 Å². The van der Waals surface area contributed by atoms with Crippen LogP contribution in [0.1, 0.15) is 15.9 Å². The number of amides is 1. The molecule has 5 rings (SSSR count). The number of carbonyl (C=O) groups is 1. The number of nitrogens with one attached hydrogen (secondary N) is 1.